The third-order valence-corrected chi connectivity index (χ3v) is 3.89. The van der Waals surface area contributed by atoms with Crippen molar-refractivity contribution in [2.75, 3.05) is 0 Å². The zero-order valence-corrected chi connectivity index (χ0v) is 9.25. The van der Waals surface area contributed by atoms with E-state index in [1.54, 1.807) is 6.07 Å². The molecule has 1 aromatic heterocycles. The first kappa shape index (κ1) is 10.2. The molecule has 0 atom stereocenters. The fourth-order valence-corrected chi connectivity index (χ4v) is 2.99. The van der Waals surface area contributed by atoms with E-state index in [-0.39, 0.29) is 9.92 Å². The highest BCUT2D eigenvalue weighted by atomic mass is 32.2. The summed E-state index contributed by atoms with van der Waals surface area (Å²) in [6, 6.07) is 13.1. The lowest BCUT2D eigenvalue weighted by Crippen LogP contribution is -1.80. The Morgan fingerprint density at radius 2 is 1.87 bits per heavy atom. The summed E-state index contributed by atoms with van der Waals surface area (Å²) >= 11 is 2.74. The monoisotopic (exact) mass is 237 g/mol. The lowest BCUT2D eigenvalue weighted by molar-refractivity contribution is -0.380. The minimum Gasteiger partial charge on any atom is -0.258 e. The molecule has 0 aliphatic heterocycles. The zero-order valence-electron chi connectivity index (χ0n) is 7.62. The minimum absolute atomic E-state index is 0.188. The van der Waals surface area contributed by atoms with Gasteiger partial charge in [0.15, 0.2) is 0 Å². The molecule has 5 heteroatoms. The molecule has 0 saturated heterocycles. The van der Waals surface area contributed by atoms with E-state index >= 15 is 0 Å². The van der Waals surface area contributed by atoms with Crippen molar-refractivity contribution in [2.45, 2.75) is 9.10 Å². The largest absolute Gasteiger partial charge is 0.325 e. The summed E-state index contributed by atoms with van der Waals surface area (Å²) in [6.45, 7) is 0. The van der Waals surface area contributed by atoms with E-state index in [1.807, 2.05) is 30.3 Å². The second-order valence-corrected chi connectivity index (χ2v) is 5.20. The summed E-state index contributed by atoms with van der Waals surface area (Å²) in [7, 11) is 0. The first-order chi connectivity index (χ1) is 7.25. The third kappa shape index (κ3) is 2.57. The van der Waals surface area contributed by atoms with Gasteiger partial charge in [0.1, 0.15) is 0 Å². The molecule has 3 nitrogen and oxygen atoms in total. The lowest BCUT2D eigenvalue weighted by Gasteiger charge is -1.95. The summed E-state index contributed by atoms with van der Waals surface area (Å²) in [4.78, 5) is 11.2. The van der Waals surface area contributed by atoms with Crippen molar-refractivity contribution in [3.8, 4) is 0 Å². The quantitative estimate of drug-likeness (QED) is 0.602. The summed E-state index contributed by atoms with van der Waals surface area (Å²) < 4.78 is 0.938. The maximum Gasteiger partial charge on any atom is 0.325 e. The van der Waals surface area contributed by atoms with E-state index < -0.39 is 0 Å². The molecule has 0 fully saturated rings. The molecule has 1 aromatic carbocycles. The van der Waals surface area contributed by atoms with Crippen LogP contribution >= 0.6 is 23.1 Å². The Kier molecular flexibility index (Phi) is 3.03. The maximum absolute atomic E-state index is 10.5. The van der Waals surface area contributed by atoms with Gasteiger partial charge in [0.25, 0.3) is 0 Å². The normalized spacial score (nSPS) is 10.1. The van der Waals surface area contributed by atoms with Gasteiger partial charge in [0, 0.05) is 11.0 Å². The molecule has 0 N–H and O–H groups in total. The van der Waals surface area contributed by atoms with Crippen LogP contribution in [0.1, 0.15) is 0 Å². The van der Waals surface area contributed by atoms with Gasteiger partial charge in [-0.25, -0.2) is 0 Å². The number of hydrogen-bond donors (Lipinski definition) is 0. The highest BCUT2D eigenvalue weighted by Gasteiger charge is 2.10. The van der Waals surface area contributed by atoms with Crippen molar-refractivity contribution in [3.63, 3.8) is 0 Å². The van der Waals surface area contributed by atoms with Gasteiger partial charge >= 0.3 is 5.00 Å². The minimum atomic E-state index is -0.361. The number of benzene rings is 1. The Labute approximate surface area is 94.9 Å². The standard InChI is InChI=1S/C10H7NO2S2/c12-11(13)9-6-7-10(15-9)14-8-4-2-1-3-5-8/h1-7H. The first-order valence-electron chi connectivity index (χ1n) is 4.23. The second-order valence-electron chi connectivity index (χ2n) is 2.76. The summed E-state index contributed by atoms with van der Waals surface area (Å²) in [5, 5.41) is 10.7. The average molecular weight is 237 g/mol. The van der Waals surface area contributed by atoms with Gasteiger partial charge in [0.05, 0.1) is 9.13 Å². The number of nitro groups is 1. The van der Waals surface area contributed by atoms with Crippen LogP contribution in [0.2, 0.25) is 0 Å². The van der Waals surface area contributed by atoms with Crippen LogP contribution < -0.4 is 0 Å². The van der Waals surface area contributed by atoms with Gasteiger partial charge in [-0.05, 0) is 18.2 Å². The predicted octanol–water partition coefficient (Wildman–Crippen LogP) is 3.81. The molecule has 0 amide bonds. The van der Waals surface area contributed by atoms with Crippen molar-refractivity contribution in [1.29, 1.82) is 0 Å². The highest BCUT2D eigenvalue weighted by Crippen LogP contribution is 2.36. The van der Waals surface area contributed by atoms with Crippen LogP contribution in [-0.2, 0) is 0 Å². The first-order valence-corrected chi connectivity index (χ1v) is 5.86. The number of rotatable bonds is 3. The SMILES string of the molecule is O=[N+]([O-])c1ccc(Sc2ccccc2)s1. The van der Waals surface area contributed by atoms with E-state index in [2.05, 4.69) is 0 Å². The average Bonchev–Trinajstić information content (AvgIpc) is 2.68. The second kappa shape index (κ2) is 4.46. The number of thiophene rings is 1. The van der Waals surface area contributed by atoms with Gasteiger partial charge in [-0.15, -0.1) is 0 Å². The van der Waals surface area contributed by atoms with E-state index in [0.717, 1.165) is 9.10 Å². The van der Waals surface area contributed by atoms with E-state index in [1.165, 1.54) is 29.2 Å². The predicted molar refractivity (Wildman–Crippen MR) is 61.5 cm³/mol. The molecular weight excluding hydrogens is 230 g/mol. The molecule has 76 valence electrons. The van der Waals surface area contributed by atoms with Crippen LogP contribution in [0.5, 0.6) is 0 Å². The van der Waals surface area contributed by atoms with Gasteiger partial charge in [-0.1, -0.05) is 41.3 Å². The molecule has 1 heterocycles. The van der Waals surface area contributed by atoms with Crippen molar-refractivity contribution in [3.05, 3.63) is 52.6 Å². The van der Waals surface area contributed by atoms with Gasteiger partial charge in [0.2, 0.25) is 0 Å². The van der Waals surface area contributed by atoms with Gasteiger partial charge in [-0.3, -0.25) is 10.1 Å². The number of nitrogens with zero attached hydrogens (tertiary/aromatic N) is 1. The molecule has 0 radical (unpaired) electrons. The topological polar surface area (TPSA) is 43.1 Å². The molecule has 0 aliphatic rings. The third-order valence-electron chi connectivity index (χ3n) is 1.71. The van der Waals surface area contributed by atoms with Crippen molar-refractivity contribution in [1.82, 2.24) is 0 Å². The Bertz CT molecular complexity index is 467. The van der Waals surface area contributed by atoms with Crippen molar-refractivity contribution >= 4 is 28.1 Å². The molecule has 0 unspecified atom stereocenters. The highest BCUT2D eigenvalue weighted by molar-refractivity contribution is 8.01. The van der Waals surface area contributed by atoms with Crippen molar-refractivity contribution < 1.29 is 4.92 Å². The van der Waals surface area contributed by atoms with E-state index in [0.29, 0.717) is 0 Å². The van der Waals surface area contributed by atoms with Gasteiger partial charge in [-0.2, -0.15) is 0 Å². The summed E-state index contributed by atoms with van der Waals surface area (Å²) in [5.74, 6) is 0. The summed E-state index contributed by atoms with van der Waals surface area (Å²) in [5.41, 5.74) is 0. The summed E-state index contributed by atoms with van der Waals surface area (Å²) in [6.07, 6.45) is 0. The fraction of sp³-hybridized carbons (Fsp3) is 0. The Balaban J connectivity index is 2.15. The molecule has 2 aromatic rings. The molecule has 0 saturated carbocycles. The smallest absolute Gasteiger partial charge is 0.258 e. The molecular formula is C10H7NO2S2. The van der Waals surface area contributed by atoms with Crippen LogP contribution in [0.3, 0.4) is 0 Å². The van der Waals surface area contributed by atoms with Crippen LogP contribution in [0, 0.1) is 10.1 Å². The molecule has 0 spiro atoms. The Morgan fingerprint density at radius 3 is 2.47 bits per heavy atom. The zero-order chi connectivity index (χ0) is 10.7. The van der Waals surface area contributed by atoms with Gasteiger partial charge < -0.3 is 0 Å². The molecule has 0 bridgehead atoms. The molecule has 15 heavy (non-hydrogen) atoms. The molecule has 2 rings (SSSR count). The Hall–Kier alpha value is -1.33. The van der Waals surface area contributed by atoms with Crippen molar-refractivity contribution in [2.24, 2.45) is 0 Å². The van der Waals surface area contributed by atoms with E-state index in [4.69, 9.17) is 0 Å². The molecule has 0 aliphatic carbocycles. The van der Waals surface area contributed by atoms with E-state index in [9.17, 15) is 10.1 Å². The lowest BCUT2D eigenvalue weighted by atomic mass is 10.4. The van der Waals surface area contributed by atoms with Crippen LogP contribution in [-0.4, -0.2) is 4.92 Å². The Morgan fingerprint density at radius 1 is 1.13 bits per heavy atom. The van der Waals surface area contributed by atoms with Crippen LogP contribution in [0.15, 0.2) is 51.6 Å². The fourth-order valence-electron chi connectivity index (χ4n) is 1.07. The van der Waals surface area contributed by atoms with Crippen LogP contribution in [0.4, 0.5) is 5.00 Å². The maximum atomic E-state index is 10.5. The number of hydrogen-bond acceptors (Lipinski definition) is 4. The van der Waals surface area contributed by atoms with Crippen LogP contribution in [0.25, 0.3) is 0 Å².